The van der Waals surface area contributed by atoms with Gasteiger partial charge in [-0.2, -0.15) is 0 Å². The maximum atomic E-state index is 12.8. The van der Waals surface area contributed by atoms with Crippen LogP contribution in [0.15, 0.2) is 34.9 Å². The molecule has 1 aliphatic rings. The van der Waals surface area contributed by atoms with Gasteiger partial charge >= 0.3 is 5.97 Å². The summed E-state index contributed by atoms with van der Waals surface area (Å²) in [5, 5.41) is 9.69. The number of hydrogen-bond donors (Lipinski definition) is 1. The number of para-hydroxylation sites is 1. The van der Waals surface area contributed by atoms with Crippen molar-refractivity contribution < 1.29 is 19.1 Å². The van der Waals surface area contributed by atoms with Gasteiger partial charge in [-0.1, -0.05) is 18.2 Å². The molecule has 0 saturated carbocycles. The number of hydrogen-bond acceptors (Lipinski definition) is 3. The molecule has 1 amide bonds. The van der Waals surface area contributed by atoms with Crippen LogP contribution in [0, 0.1) is 0 Å². The van der Waals surface area contributed by atoms with Crippen LogP contribution in [0.2, 0.25) is 0 Å². The number of furan rings is 1. The lowest BCUT2D eigenvalue weighted by atomic mass is 9.97. The first-order valence-corrected chi connectivity index (χ1v) is 7.66. The summed E-state index contributed by atoms with van der Waals surface area (Å²) in [4.78, 5) is 25.5. The number of aliphatic carboxylic acids is 1. The van der Waals surface area contributed by atoms with Crippen molar-refractivity contribution in [3.8, 4) is 0 Å². The number of nitrogens with zero attached hydrogens (tertiary/aromatic N) is 1. The Morgan fingerprint density at radius 1 is 1.27 bits per heavy atom. The highest BCUT2D eigenvalue weighted by Gasteiger charge is 2.29. The van der Waals surface area contributed by atoms with Gasteiger partial charge in [0.1, 0.15) is 11.8 Å². The first-order valence-electron chi connectivity index (χ1n) is 7.66. The molecule has 2 heterocycles. The van der Waals surface area contributed by atoms with E-state index in [4.69, 9.17) is 9.52 Å². The molecular weight excluding hydrogens is 282 g/mol. The largest absolute Gasteiger partial charge is 0.481 e. The van der Waals surface area contributed by atoms with Crippen LogP contribution < -0.4 is 0 Å². The van der Waals surface area contributed by atoms with Crippen LogP contribution in [0.4, 0.5) is 0 Å². The van der Waals surface area contributed by atoms with Gasteiger partial charge < -0.3 is 14.4 Å². The lowest BCUT2D eigenvalue weighted by molar-refractivity contribution is -0.137. The first kappa shape index (κ1) is 14.6. The number of rotatable bonds is 4. The zero-order valence-corrected chi connectivity index (χ0v) is 12.3. The lowest BCUT2D eigenvalue weighted by Gasteiger charge is -2.35. The molecule has 3 rings (SSSR count). The Hall–Kier alpha value is -2.30. The Balaban J connectivity index is 1.83. The van der Waals surface area contributed by atoms with E-state index in [0.717, 1.165) is 24.6 Å². The van der Waals surface area contributed by atoms with E-state index in [1.807, 2.05) is 29.2 Å². The summed E-state index contributed by atoms with van der Waals surface area (Å²) in [5.41, 5.74) is 1.27. The fourth-order valence-corrected chi connectivity index (χ4v) is 3.16. The van der Waals surface area contributed by atoms with Gasteiger partial charge in [-0.05, 0) is 31.7 Å². The molecular formula is C17H19NO4. The molecule has 1 fully saturated rings. The molecule has 1 saturated heterocycles. The van der Waals surface area contributed by atoms with E-state index in [0.29, 0.717) is 24.1 Å². The van der Waals surface area contributed by atoms with Crippen LogP contribution in [0.5, 0.6) is 0 Å². The van der Waals surface area contributed by atoms with Crippen molar-refractivity contribution in [2.24, 2.45) is 0 Å². The number of carboxylic acid groups (broad SMARTS) is 1. The number of carbonyl (C=O) groups is 2. The monoisotopic (exact) mass is 301 g/mol. The molecule has 1 N–H and O–H groups in total. The normalized spacial score (nSPS) is 18.5. The molecule has 5 nitrogen and oxygen atoms in total. The molecule has 1 aliphatic heterocycles. The third kappa shape index (κ3) is 2.84. The number of amides is 1. The van der Waals surface area contributed by atoms with Crippen molar-refractivity contribution in [1.29, 1.82) is 0 Å². The minimum Gasteiger partial charge on any atom is -0.481 e. The second-order valence-corrected chi connectivity index (χ2v) is 5.73. The molecule has 1 aromatic carbocycles. The van der Waals surface area contributed by atoms with E-state index in [9.17, 15) is 9.59 Å². The fourth-order valence-electron chi connectivity index (χ4n) is 3.16. The van der Waals surface area contributed by atoms with Crippen LogP contribution in [0.1, 0.15) is 42.5 Å². The van der Waals surface area contributed by atoms with Gasteiger partial charge in [0.2, 0.25) is 0 Å². The highest BCUT2D eigenvalue weighted by atomic mass is 16.4. The van der Waals surface area contributed by atoms with E-state index in [1.165, 1.54) is 6.26 Å². The maximum absolute atomic E-state index is 12.8. The first-order chi connectivity index (χ1) is 10.7. The van der Waals surface area contributed by atoms with Gasteiger partial charge in [-0.15, -0.1) is 0 Å². The Labute approximate surface area is 128 Å². The molecule has 2 aromatic rings. The second kappa shape index (κ2) is 6.22. The molecule has 22 heavy (non-hydrogen) atoms. The van der Waals surface area contributed by atoms with E-state index in [-0.39, 0.29) is 18.4 Å². The van der Waals surface area contributed by atoms with Gasteiger partial charge in [-0.25, -0.2) is 0 Å². The molecule has 0 aliphatic carbocycles. The quantitative estimate of drug-likeness (QED) is 0.940. The van der Waals surface area contributed by atoms with Crippen LogP contribution in [-0.2, 0) is 4.79 Å². The van der Waals surface area contributed by atoms with Gasteiger partial charge in [0.05, 0.1) is 5.56 Å². The van der Waals surface area contributed by atoms with Crippen LogP contribution in [0.3, 0.4) is 0 Å². The minimum absolute atomic E-state index is 0.00557. The molecule has 1 unspecified atom stereocenters. The summed E-state index contributed by atoms with van der Waals surface area (Å²) in [6.45, 7) is 0.683. The number of carboxylic acids is 1. The lowest BCUT2D eigenvalue weighted by Crippen LogP contribution is -2.43. The second-order valence-electron chi connectivity index (χ2n) is 5.73. The number of carbonyl (C=O) groups excluding carboxylic acids is 1. The number of fused-ring (bicyclic) bond motifs is 1. The van der Waals surface area contributed by atoms with Gasteiger partial charge in [0.15, 0.2) is 0 Å². The van der Waals surface area contributed by atoms with Crippen molar-refractivity contribution >= 4 is 22.8 Å². The molecule has 116 valence electrons. The molecule has 1 atom stereocenters. The van der Waals surface area contributed by atoms with Crippen molar-refractivity contribution in [3.05, 3.63) is 36.1 Å². The number of piperidine rings is 1. The highest BCUT2D eigenvalue weighted by Crippen LogP contribution is 2.27. The summed E-state index contributed by atoms with van der Waals surface area (Å²) < 4.78 is 5.45. The topological polar surface area (TPSA) is 70.8 Å². The zero-order chi connectivity index (χ0) is 15.5. The van der Waals surface area contributed by atoms with Gasteiger partial charge in [0, 0.05) is 24.4 Å². The molecule has 0 radical (unpaired) electrons. The van der Waals surface area contributed by atoms with Crippen molar-refractivity contribution in [2.75, 3.05) is 6.54 Å². The Bertz CT molecular complexity index is 691. The molecule has 1 aromatic heterocycles. The van der Waals surface area contributed by atoms with Crippen LogP contribution >= 0.6 is 0 Å². The summed E-state index contributed by atoms with van der Waals surface area (Å²) in [5.74, 6) is -0.869. The fraction of sp³-hybridized carbons (Fsp3) is 0.412. The smallest absolute Gasteiger partial charge is 0.303 e. The summed E-state index contributed by atoms with van der Waals surface area (Å²) in [7, 11) is 0. The third-order valence-electron chi connectivity index (χ3n) is 4.29. The van der Waals surface area contributed by atoms with Gasteiger partial charge in [0.25, 0.3) is 5.91 Å². The average Bonchev–Trinajstić information content (AvgIpc) is 2.96. The zero-order valence-electron chi connectivity index (χ0n) is 12.3. The van der Waals surface area contributed by atoms with Gasteiger partial charge in [-0.3, -0.25) is 9.59 Å². The Morgan fingerprint density at radius 3 is 2.91 bits per heavy atom. The number of benzene rings is 1. The minimum atomic E-state index is -0.813. The van der Waals surface area contributed by atoms with E-state index >= 15 is 0 Å². The van der Waals surface area contributed by atoms with E-state index in [1.54, 1.807) is 0 Å². The van der Waals surface area contributed by atoms with Crippen LogP contribution in [0.25, 0.3) is 11.0 Å². The summed E-state index contributed by atoms with van der Waals surface area (Å²) >= 11 is 0. The maximum Gasteiger partial charge on any atom is 0.303 e. The Kier molecular flexibility index (Phi) is 4.13. The molecule has 5 heteroatoms. The summed E-state index contributed by atoms with van der Waals surface area (Å²) in [6, 6.07) is 7.47. The van der Waals surface area contributed by atoms with Crippen molar-refractivity contribution in [2.45, 2.75) is 38.1 Å². The van der Waals surface area contributed by atoms with Crippen molar-refractivity contribution in [3.63, 3.8) is 0 Å². The molecule has 0 bridgehead atoms. The summed E-state index contributed by atoms with van der Waals surface area (Å²) in [6.07, 6.45) is 4.99. The standard InChI is InChI=1S/C17H19NO4/c19-16(20)9-8-12-5-3-4-10-18(12)17(21)14-11-22-15-7-2-1-6-13(14)15/h1-2,6-7,11-12H,3-5,8-10H2,(H,19,20). The van der Waals surface area contributed by atoms with Crippen molar-refractivity contribution in [1.82, 2.24) is 4.90 Å². The molecule has 0 spiro atoms. The predicted molar refractivity (Wildman–Crippen MR) is 81.8 cm³/mol. The van der Waals surface area contributed by atoms with E-state index < -0.39 is 5.97 Å². The highest BCUT2D eigenvalue weighted by molar-refractivity contribution is 6.06. The predicted octanol–water partition coefficient (Wildman–Crippen LogP) is 3.29. The third-order valence-corrected chi connectivity index (χ3v) is 4.29. The average molecular weight is 301 g/mol. The number of likely N-dealkylation sites (tertiary alicyclic amines) is 1. The van der Waals surface area contributed by atoms with Crippen LogP contribution in [-0.4, -0.2) is 34.5 Å². The Morgan fingerprint density at radius 2 is 2.09 bits per heavy atom. The van der Waals surface area contributed by atoms with E-state index in [2.05, 4.69) is 0 Å². The SMILES string of the molecule is O=C(O)CCC1CCCCN1C(=O)c1coc2ccccc12.